The Kier molecular flexibility index (Phi) is 7.62. The van der Waals surface area contributed by atoms with E-state index in [9.17, 15) is 13.6 Å². The van der Waals surface area contributed by atoms with Gasteiger partial charge in [0.25, 0.3) is 0 Å². The number of esters is 1. The van der Waals surface area contributed by atoms with Crippen molar-refractivity contribution in [2.24, 2.45) is 5.92 Å². The average molecular weight is 480 g/mol. The first kappa shape index (κ1) is 20.6. The van der Waals surface area contributed by atoms with Crippen molar-refractivity contribution in [3.05, 3.63) is 27.8 Å². The number of nitrogens with zero attached hydrogens (tertiary/aromatic N) is 3. The molecule has 1 aromatic rings. The Bertz CT molecular complexity index is 606. The first-order valence-corrected chi connectivity index (χ1v) is 10.2. The maximum Gasteiger partial charge on any atom is 0.325 e. The van der Waals surface area contributed by atoms with Gasteiger partial charge in [0, 0.05) is 46.7 Å². The number of carbonyl (C=O) groups excluding carboxylic acids is 1. The van der Waals surface area contributed by atoms with Crippen molar-refractivity contribution >= 4 is 45.5 Å². The predicted octanol–water partition coefficient (Wildman–Crippen LogP) is 1.62. The van der Waals surface area contributed by atoms with Gasteiger partial charge in [-0.3, -0.25) is 9.00 Å². The fourth-order valence-electron chi connectivity index (χ4n) is 2.90. The Balaban J connectivity index is 2.10. The molecule has 140 valence electrons. The number of piperazine rings is 1. The van der Waals surface area contributed by atoms with Gasteiger partial charge in [0.05, 0.1) is 7.11 Å². The molecule has 0 bridgehead atoms. The molecule has 1 aromatic carbocycles. The van der Waals surface area contributed by atoms with E-state index in [-0.39, 0.29) is 5.92 Å². The lowest BCUT2D eigenvalue weighted by molar-refractivity contribution is -0.152. The van der Waals surface area contributed by atoms with Crippen LogP contribution in [-0.4, -0.2) is 63.5 Å². The SMILES string of the molecule is COC(=O)C(C(C)C)N(N1CCN(c2ccc(I)cc2)CC1)S(=O)[O-]. The monoisotopic (exact) mass is 480 g/mol. The molecule has 0 saturated carbocycles. The molecule has 0 spiro atoms. The zero-order valence-corrected chi connectivity index (χ0v) is 17.5. The Hall–Kier alpha value is -0.750. The molecule has 0 aromatic heterocycles. The zero-order chi connectivity index (χ0) is 18.6. The van der Waals surface area contributed by atoms with Crippen molar-refractivity contribution in [3.8, 4) is 0 Å². The van der Waals surface area contributed by atoms with Gasteiger partial charge in [0.1, 0.15) is 6.04 Å². The quantitative estimate of drug-likeness (QED) is 0.350. The van der Waals surface area contributed by atoms with E-state index in [0.29, 0.717) is 26.2 Å². The number of ether oxygens (including phenoxy) is 1. The molecule has 0 N–H and O–H groups in total. The first-order chi connectivity index (χ1) is 11.8. The number of methoxy groups -OCH3 is 1. The topological polar surface area (TPSA) is 76.2 Å². The van der Waals surface area contributed by atoms with Crippen molar-refractivity contribution in [2.45, 2.75) is 19.9 Å². The molecule has 2 atom stereocenters. The third kappa shape index (κ3) is 5.13. The van der Waals surface area contributed by atoms with E-state index in [2.05, 4.69) is 39.6 Å². The van der Waals surface area contributed by atoms with Crippen molar-refractivity contribution in [2.75, 3.05) is 38.2 Å². The lowest BCUT2D eigenvalue weighted by Crippen LogP contribution is -2.60. The molecule has 0 aliphatic carbocycles. The number of rotatable bonds is 6. The molecular formula is C16H23IN3O4S-. The van der Waals surface area contributed by atoms with Crippen molar-refractivity contribution < 1.29 is 18.3 Å². The van der Waals surface area contributed by atoms with E-state index in [1.54, 1.807) is 5.01 Å². The molecular weight excluding hydrogens is 457 g/mol. The molecule has 1 aliphatic heterocycles. The number of hydrogen-bond donors (Lipinski definition) is 0. The number of halogens is 1. The number of hydrogen-bond acceptors (Lipinski definition) is 6. The summed E-state index contributed by atoms with van der Waals surface area (Å²) in [5.74, 6) is -0.737. The second-order valence-electron chi connectivity index (χ2n) is 6.15. The van der Waals surface area contributed by atoms with Crippen LogP contribution in [0.2, 0.25) is 0 Å². The molecule has 9 heteroatoms. The van der Waals surface area contributed by atoms with Crippen molar-refractivity contribution in [1.82, 2.24) is 9.42 Å². The lowest BCUT2D eigenvalue weighted by Gasteiger charge is -2.45. The summed E-state index contributed by atoms with van der Waals surface area (Å²) in [5.41, 5.74) is 1.11. The highest BCUT2D eigenvalue weighted by Gasteiger charge is 2.36. The average Bonchev–Trinajstić information content (AvgIpc) is 2.59. The fourth-order valence-corrected chi connectivity index (χ4v) is 4.13. The second kappa shape index (κ2) is 9.26. The van der Waals surface area contributed by atoms with Crippen LogP contribution in [0.25, 0.3) is 0 Å². The maximum absolute atomic E-state index is 12.1. The van der Waals surface area contributed by atoms with Crippen LogP contribution < -0.4 is 4.90 Å². The summed E-state index contributed by atoms with van der Waals surface area (Å²) >= 11 is -0.280. The van der Waals surface area contributed by atoms with Gasteiger partial charge in [-0.25, -0.2) is 5.01 Å². The van der Waals surface area contributed by atoms with Crippen LogP contribution in [0.4, 0.5) is 5.69 Å². The van der Waals surface area contributed by atoms with Crippen LogP contribution in [0.3, 0.4) is 0 Å². The van der Waals surface area contributed by atoms with E-state index in [1.165, 1.54) is 10.7 Å². The fraction of sp³-hybridized carbons (Fsp3) is 0.562. The van der Waals surface area contributed by atoms with Gasteiger partial charge in [-0.1, -0.05) is 13.8 Å². The zero-order valence-electron chi connectivity index (χ0n) is 14.6. The first-order valence-electron chi connectivity index (χ1n) is 8.07. The Morgan fingerprint density at radius 2 is 1.80 bits per heavy atom. The Labute approximate surface area is 164 Å². The molecule has 7 nitrogen and oxygen atoms in total. The van der Waals surface area contributed by atoms with Gasteiger partial charge in [-0.2, -0.15) is 4.41 Å². The van der Waals surface area contributed by atoms with E-state index >= 15 is 0 Å². The van der Waals surface area contributed by atoms with Crippen LogP contribution in [0.1, 0.15) is 13.8 Å². The van der Waals surface area contributed by atoms with Crippen LogP contribution >= 0.6 is 22.6 Å². The van der Waals surface area contributed by atoms with Gasteiger partial charge in [-0.05, 0) is 52.8 Å². The Morgan fingerprint density at radius 3 is 2.24 bits per heavy atom. The summed E-state index contributed by atoms with van der Waals surface area (Å²) < 4.78 is 30.8. The van der Waals surface area contributed by atoms with Gasteiger partial charge in [0.15, 0.2) is 0 Å². The maximum atomic E-state index is 12.1. The summed E-state index contributed by atoms with van der Waals surface area (Å²) in [7, 11) is 1.28. The van der Waals surface area contributed by atoms with E-state index < -0.39 is 23.3 Å². The van der Waals surface area contributed by atoms with E-state index in [0.717, 1.165) is 10.1 Å². The standard InChI is InChI=1S/C16H24IN3O4S/c1-12(2)15(16(21)24-3)20(25(22)23)19-10-8-18(9-11-19)14-6-4-13(17)5-7-14/h4-7,12,15H,8-11H2,1-3H3,(H,22,23)/p-1. The van der Waals surface area contributed by atoms with Gasteiger partial charge in [0.2, 0.25) is 0 Å². The highest BCUT2D eigenvalue weighted by Crippen LogP contribution is 2.22. The molecule has 2 unspecified atom stereocenters. The third-order valence-corrected chi connectivity index (χ3v) is 5.67. The minimum absolute atomic E-state index is 0.195. The molecule has 25 heavy (non-hydrogen) atoms. The van der Waals surface area contributed by atoms with Crippen molar-refractivity contribution in [3.63, 3.8) is 0 Å². The molecule has 1 saturated heterocycles. The summed E-state index contributed by atoms with van der Waals surface area (Å²) in [5, 5.41) is 1.72. The van der Waals surface area contributed by atoms with Gasteiger partial charge >= 0.3 is 5.97 Å². The predicted molar refractivity (Wildman–Crippen MR) is 104 cm³/mol. The minimum atomic E-state index is -2.54. The summed E-state index contributed by atoms with van der Waals surface area (Å²) in [6.45, 7) is 6.01. The van der Waals surface area contributed by atoms with Crippen LogP contribution in [-0.2, 0) is 20.8 Å². The van der Waals surface area contributed by atoms with E-state index in [1.807, 2.05) is 26.0 Å². The lowest BCUT2D eigenvalue weighted by atomic mass is 10.1. The molecule has 2 rings (SSSR count). The number of anilines is 1. The van der Waals surface area contributed by atoms with Crippen LogP contribution in [0.5, 0.6) is 0 Å². The molecule has 1 aliphatic rings. The Morgan fingerprint density at radius 1 is 1.24 bits per heavy atom. The number of carbonyl (C=O) groups is 1. The molecule has 1 fully saturated rings. The van der Waals surface area contributed by atoms with Gasteiger partial charge in [-0.15, -0.1) is 0 Å². The highest BCUT2D eigenvalue weighted by molar-refractivity contribution is 14.1. The molecule has 0 radical (unpaired) electrons. The summed E-state index contributed by atoms with van der Waals surface area (Å²) in [6.07, 6.45) is 0. The van der Waals surface area contributed by atoms with Gasteiger partial charge < -0.3 is 14.2 Å². The van der Waals surface area contributed by atoms with E-state index in [4.69, 9.17) is 4.74 Å². The van der Waals surface area contributed by atoms with Crippen LogP contribution in [0, 0.1) is 9.49 Å². The number of hydrazine groups is 1. The third-order valence-electron chi connectivity index (χ3n) is 4.19. The number of benzene rings is 1. The highest BCUT2D eigenvalue weighted by atomic mass is 127. The van der Waals surface area contributed by atoms with Crippen molar-refractivity contribution in [1.29, 1.82) is 0 Å². The minimum Gasteiger partial charge on any atom is -0.759 e. The second-order valence-corrected chi connectivity index (χ2v) is 8.20. The van der Waals surface area contributed by atoms with Crippen LogP contribution in [0.15, 0.2) is 24.3 Å². The molecule has 1 heterocycles. The summed E-state index contributed by atoms with van der Waals surface area (Å²) in [6, 6.07) is 7.37. The summed E-state index contributed by atoms with van der Waals surface area (Å²) in [4.78, 5) is 14.3. The largest absolute Gasteiger partial charge is 0.759 e. The smallest absolute Gasteiger partial charge is 0.325 e. The molecule has 0 amide bonds. The normalized spacial score (nSPS) is 18.4.